The van der Waals surface area contributed by atoms with Crippen LogP contribution in [0.5, 0.6) is 0 Å². The van der Waals surface area contributed by atoms with Gasteiger partial charge >= 0.3 is 0 Å². The second-order valence-corrected chi connectivity index (χ2v) is 4.67. The molecule has 88 valence electrons. The maximum absolute atomic E-state index is 5.66. The average molecular weight is 246 g/mol. The fraction of sp³-hybridized carbons (Fsp3) is 0.167. The summed E-state index contributed by atoms with van der Waals surface area (Å²) in [4.78, 5) is 5.19. The molecule has 0 fully saturated rings. The Labute approximate surface area is 104 Å². The van der Waals surface area contributed by atoms with Crippen LogP contribution in [0.4, 0.5) is 10.8 Å². The summed E-state index contributed by atoms with van der Waals surface area (Å²) in [5.41, 5.74) is 11.4. The second-order valence-electron chi connectivity index (χ2n) is 3.64. The van der Waals surface area contributed by atoms with Crippen molar-refractivity contribution >= 4 is 27.9 Å². The van der Waals surface area contributed by atoms with Gasteiger partial charge in [-0.3, -0.25) is 5.43 Å². The number of benzene rings is 1. The first-order valence-corrected chi connectivity index (χ1v) is 6.07. The zero-order chi connectivity index (χ0) is 12.3. The Bertz CT molecular complexity index is 531. The van der Waals surface area contributed by atoms with Crippen molar-refractivity contribution in [3.05, 3.63) is 40.9 Å². The molecule has 1 aromatic carbocycles. The Hall–Kier alpha value is -1.88. The third-order valence-electron chi connectivity index (χ3n) is 2.27. The van der Waals surface area contributed by atoms with Crippen LogP contribution < -0.4 is 11.2 Å². The number of thiazole rings is 1. The molecule has 2 rings (SSSR count). The molecule has 17 heavy (non-hydrogen) atoms. The normalized spacial score (nSPS) is 11.5. The van der Waals surface area contributed by atoms with Crippen LogP contribution in [0.3, 0.4) is 0 Å². The average Bonchev–Trinajstić information content (AvgIpc) is 2.67. The Morgan fingerprint density at radius 1 is 1.35 bits per heavy atom. The van der Waals surface area contributed by atoms with Crippen molar-refractivity contribution in [2.75, 3.05) is 11.2 Å². The monoisotopic (exact) mass is 246 g/mol. The van der Waals surface area contributed by atoms with E-state index in [0.717, 1.165) is 22.0 Å². The summed E-state index contributed by atoms with van der Waals surface area (Å²) in [6, 6.07) is 9.82. The number of aromatic nitrogens is 1. The van der Waals surface area contributed by atoms with Crippen LogP contribution in [0.25, 0.3) is 0 Å². The van der Waals surface area contributed by atoms with Gasteiger partial charge in [-0.1, -0.05) is 29.5 Å². The Kier molecular flexibility index (Phi) is 3.39. The molecule has 1 heterocycles. The summed E-state index contributed by atoms with van der Waals surface area (Å²) >= 11 is 1.45. The van der Waals surface area contributed by atoms with E-state index in [-0.39, 0.29) is 0 Å². The van der Waals surface area contributed by atoms with Gasteiger partial charge in [0.2, 0.25) is 0 Å². The number of aryl methyl sites for hydroxylation is 1. The molecule has 0 saturated heterocycles. The van der Waals surface area contributed by atoms with Gasteiger partial charge in [0.1, 0.15) is 0 Å². The zero-order valence-electron chi connectivity index (χ0n) is 9.77. The van der Waals surface area contributed by atoms with Crippen LogP contribution in [0, 0.1) is 6.92 Å². The summed E-state index contributed by atoms with van der Waals surface area (Å²) in [5, 5.41) is 4.90. The fourth-order valence-electron chi connectivity index (χ4n) is 1.46. The number of nitrogen functional groups attached to an aromatic ring is 1. The fourth-order valence-corrected chi connectivity index (χ4v) is 2.24. The van der Waals surface area contributed by atoms with E-state index in [1.165, 1.54) is 11.3 Å². The molecule has 0 radical (unpaired) electrons. The van der Waals surface area contributed by atoms with Crippen LogP contribution in [-0.2, 0) is 0 Å². The third kappa shape index (κ3) is 2.82. The van der Waals surface area contributed by atoms with E-state index < -0.39 is 0 Å². The summed E-state index contributed by atoms with van der Waals surface area (Å²) in [6.07, 6.45) is 0. The lowest BCUT2D eigenvalue weighted by molar-refractivity contribution is 1.25. The molecule has 0 aliphatic carbocycles. The maximum Gasteiger partial charge on any atom is 0.180 e. The number of hydrogen-bond donors (Lipinski definition) is 2. The second kappa shape index (κ2) is 4.97. The first kappa shape index (κ1) is 11.6. The number of para-hydroxylation sites is 1. The highest BCUT2D eigenvalue weighted by atomic mass is 32.1. The highest BCUT2D eigenvalue weighted by molar-refractivity contribution is 7.17. The molecule has 5 heteroatoms. The van der Waals surface area contributed by atoms with Gasteiger partial charge in [-0.15, -0.1) is 0 Å². The van der Waals surface area contributed by atoms with E-state index in [0.29, 0.717) is 5.13 Å². The number of anilines is 2. The molecule has 0 aliphatic rings. The minimum absolute atomic E-state index is 0.576. The lowest BCUT2D eigenvalue weighted by atomic mass is 10.3. The maximum atomic E-state index is 5.66. The van der Waals surface area contributed by atoms with Crippen molar-refractivity contribution in [1.29, 1.82) is 0 Å². The van der Waals surface area contributed by atoms with E-state index in [2.05, 4.69) is 15.5 Å². The van der Waals surface area contributed by atoms with Crippen molar-refractivity contribution in [3.63, 3.8) is 0 Å². The highest BCUT2D eigenvalue weighted by Gasteiger charge is 2.07. The molecule has 0 amide bonds. The minimum atomic E-state index is 0.576. The van der Waals surface area contributed by atoms with Crippen molar-refractivity contribution in [2.24, 2.45) is 5.10 Å². The standard InChI is InChI=1S/C12H14N4S/c1-8-11(17-12(13)14-8)9(2)15-16-10-6-4-3-5-7-10/h3-7,16H,1-2H3,(H2,13,14). The molecule has 1 aromatic heterocycles. The molecular weight excluding hydrogens is 232 g/mol. The third-order valence-corrected chi connectivity index (χ3v) is 3.36. The summed E-state index contributed by atoms with van der Waals surface area (Å²) in [6.45, 7) is 3.87. The minimum Gasteiger partial charge on any atom is -0.375 e. The van der Waals surface area contributed by atoms with E-state index in [4.69, 9.17) is 5.73 Å². The predicted octanol–water partition coefficient (Wildman–Crippen LogP) is 2.87. The zero-order valence-corrected chi connectivity index (χ0v) is 10.6. The molecule has 2 aromatic rings. The molecule has 0 atom stereocenters. The SMILES string of the molecule is CC(=NNc1ccccc1)c1sc(N)nc1C. The molecule has 0 unspecified atom stereocenters. The van der Waals surface area contributed by atoms with Crippen LogP contribution in [-0.4, -0.2) is 10.7 Å². The van der Waals surface area contributed by atoms with Crippen LogP contribution in [0.1, 0.15) is 17.5 Å². The number of hydrazone groups is 1. The van der Waals surface area contributed by atoms with Crippen LogP contribution in [0.2, 0.25) is 0 Å². The molecule has 0 aliphatic heterocycles. The predicted molar refractivity (Wildman–Crippen MR) is 73.5 cm³/mol. The van der Waals surface area contributed by atoms with Crippen LogP contribution >= 0.6 is 11.3 Å². The van der Waals surface area contributed by atoms with Gasteiger partial charge in [-0.2, -0.15) is 5.10 Å². The Morgan fingerprint density at radius 3 is 2.65 bits per heavy atom. The first-order chi connectivity index (χ1) is 8.16. The van der Waals surface area contributed by atoms with E-state index in [1.807, 2.05) is 44.2 Å². The molecular formula is C12H14N4S. The Balaban J connectivity index is 2.15. The quantitative estimate of drug-likeness (QED) is 0.646. The van der Waals surface area contributed by atoms with Gasteiger partial charge in [0.15, 0.2) is 5.13 Å². The van der Waals surface area contributed by atoms with E-state index in [1.54, 1.807) is 0 Å². The van der Waals surface area contributed by atoms with Gasteiger partial charge in [0, 0.05) is 0 Å². The number of nitrogens with zero attached hydrogens (tertiary/aromatic N) is 2. The number of nitrogens with one attached hydrogen (secondary N) is 1. The molecule has 0 bridgehead atoms. The van der Waals surface area contributed by atoms with Crippen molar-refractivity contribution in [3.8, 4) is 0 Å². The van der Waals surface area contributed by atoms with E-state index in [9.17, 15) is 0 Å². The van der Waals surface area contributed by atoms with Gasteiger partial charge in [-0.05, 0) is 26.0 Å². The number of rotatable bonds is 3. The van der Waals surface area contributed by atoms with Crippen LogP contribution in [0.15, 0.2) is 35.4 Å². The molecule has 0 spiro atoms. The van der Waals surface area contributed by atoms with Gasteiger partial charge in [0.05, 0.1) is 22.0 Å². The van der Waals surface area contributed by atoms with Crippen molar-refractivity contribution < 1.29 is 0 Å². The molecule has 0 saturated carbocycles. The first-order valence-electron chi connectivity index (χ1n) is 5.25. The smallest absolute Gasteiger partial charge is 0.180 e. The Morgan fingerprint density at radius 2 is 2.06 bits per heavy atom. The summed E-state index contributed by atoms with van der Waals surface area (Å²) in [7, 11) is 0. The van der Waals surface area contributed by atoms with Crippen molar-refractivity contribution in [1.82, 2.24) is 4.98 Å². The molecule has 4 nitrogen and oxygen atoms in total. The lowest BCUT2D eigenvalue weighted by Crippen LogP contribution is -1.99. The number of nitrogens with two attached hydrogens (primary N) is 1. The summed E-state index contributed by atoms with van der Waals surface area (Å²) < 4.78 is 0. The summed E-state index contributed by atoms with van der Waals surface area (Å²) in [5.74, 6) is 0. The number of hydrogen-bond acceptors (Lipinski definition) is 5. The lowest BCUT2D eigenvalue weighted by Gasteiger charge is -2.01. The topological polar surface area (TPSA) is 63.3 Å². The van der Waals surface area contributed by atoms with Gasteiger partial charge in [-0.25, -0.2) is 4.98 Å². The van der Waals surface area contributed by atoms with E-state index >= 15 is 0 Å². The van der Waals surface area contributed by atoms with Gasteiger partial charge < -0.3 is 5.73 Å². The van der Waals surface area contributed by atoms with Gasteiger partial charge in [0.25, 0.3) is 0 Å². The largest absolute Gasteiger partial charge is 0.375 e. The molecule has 3 N–H and O–H groups in total. The van der Waals surface area contributed by atoms with Crippen molar-refractivity contribution in [2.45, 2.75) is 13.8 Å². The highest BCUT2D eigenvalue weighted by Crippen LogP contribution is 2.20.